The smallest absolute Gasteiger partial charge is 0.334 e. The number of likely N-dealkylation sites (N-methyl/N-ethyl adjacent to an activating group) is 1. The number of ether oxygens (including phenoxy) is 1. The van der Waals surface area contributed by atoms with Crippen LogP contribution in [0.1, 0.15) is 32.7 Å². The second-order valence-electron chi connectivity index (χ2n) is 12.6. The lowest BCUT2D eigenvalue weighted by atomic mass is 9.96. The van der Waals surface area contributed by atoms with E-state index in [9.17, 15) is 19.6 Å². The van der Waals surface area contributed by atoms with E-state index in [2.05, 4.69) is 11.1 Å². The van der Waals surface area contributed by atoms with Crippen LogP contribution in [0.15, 0.2) is 83.3 Å². The average Bonchev–Trinajstić information content (AvgIpc) is 3.38. The fourth-order valence-corrected chi connectivity index (χ4v) is 6.43. The highest BCUT2D eigenvalue weighted by Gasteiger charge is 2.35. The van der Waals surface area contributed by atoms with E-state index in [0.29, 0.717) is 60.7 Å². The predicted molar refractivity (Wildman–Crippen MR) is 178 cm³/mol. The fraction of sp³-hybridized carbons (Fsp3) is 0.343. The van der Waals surface area contributed by atoms with Gasteiger partial charge in [0.15, 0.2) is 0 Å². The summed E-state index contributed by atoms with van der Waals surface area (Å²) in [5.41, 5.74) is 7.09. The van der Waals surface area contributed by atoms with Gasteiger partial charge in [-0.3, -0.25) is 23.6 Å². The lowest BCUT2D eigenvalue weighted by molar-refractivity contribution is -0.136. The maximum absolute atomic E-state index is 14.2. The SMILES string of the molecule is CN1CCN(C(C)(C)/C=C(\C#N)C(=O)N2CCC[C@@H](n3c(=O)n(-c4ccc(Oc5ccccc5)cc4)c4c(N)nccc43)C2)CC1=O. The molecule has 2 aliphatic heterocycles. The first-order chi connectivity index (χ1) is 22.6. The van der Waals surface area contributed by atoms with E-state index in [1.807, 2.05) is 49.1 Å². The summed E-state index contributed by atoms with van der Waals surface area (Å²) in [7, 11) is 1.77. The Morgan fingerprint density at radius 3 is 2.47 bits per heavy atom. The number of fused-ring (bicyclic) bond motifs is 1. The van der Waals surface area contributed by atoms with Crippen LogP contribution in [0.2, 0.25) is 0 Å². The average molecular weight is 635 g/mol. The van der Waals surface area contributed by atoms with Crippen molar-refractivity contribution in [3.63, 3.8) is 0 Å². The predicted octanol–water partition coefficient (Wildman–Crippen LogP) is 3.73. The van der Waals surface area contributed by atoms with Gasteiger partial charge in [0.25, 0.3) is 5.91 Å². The van der Waals surface area contributed by atoms with Gasteiger partial charge in [0, 0.05) is 45.0 Å². The number of para-hydroxylation sites is 1. The van der Waals surface area contributed by atoms with Crippen LogP contribution in [0.25, 0.3) is 16.7 Å². The Balaban J connectivity index is 1.28. The number of nitriles is 1. The van der Waals surface area contributed by atoms with Gasteiger partial charge in [0.2, 0.25) is 5.91 Å². The van der Waals surface area contributed by atoms with Gasteiger partial charge in [-0.2, -0.15) is 5.26 Å². The minimum atomic E-state index is -0.691. The number of carbonyl (C=O) groups is 2. The van der Waals surface area contributed by atoms with Crippen LogP contribution >= 0.6 is 0 Å². The van der Waals surface area contributed by atoms with Gasteiger partial charge >= 0.3 is 5.69 Å². The van der Waals surface area contributed by atoms with Crippen molar-refractivity contribution >= 4 is 28.7 Å². The number of pyridine rings is 1. The highest BCUT2D eigenvalue weighted by molar-refractivity contribution is 5.97. The van der Waals surface area contributed by atoms with E-state index < -0.39 is 11.4 Å². The van der Waals surface area contributed by atoms with Crippen LogP contribution in [-0.2, 0) is 9.59 Å². The number of aromatic nitrogens is 3. The molecular weight excluding hydrogens is 596 g/mol. The molecule has 0 aliphatic carbocycles. The number of anilines is 1. The number of nitrogens with zero attached hydrogens (tertiary/aromatic N) is 7. The molecule has 12 heteroatoms. The monoisotopic (exact) mass is 634 g/mol. The second kappa shape index (κ2) is 12.8. The zero-order valence-corrected chi connectivity index (χ0v) is 26.8. The van der Waals surface area contributed by atoms with Gasteiger partial charge in [0.05, 0.1) is 23.8 Å². The van der Waals surface area contributed by atoms with Crippen LogP contribution < -0.4 is 16.2 Å². The Kier molecular flexibility index (Phi) is 8.58. The molecule has 0 spiro atoms. The number of hydrogen-bond donors (Lipinski definition) is 1. The number of nitrogens with two attached hydrogens (primary N) is 1. The van der Waals surface area contributed by atoms with E-state index in [1.165, 1.54) is 0 Å². The largest absolute Gasteiger partial charge is 0.457 e. The Bertz CT molecular complexity index is 1940. The highest BCUT2D eigenvalue weighted by Crippen LogP contribution is 2.30. The Labute approximate surface area is 272 Å². The van der Waals surface area contributed by atoms with Gasteiger partial charge in [0.1, 0.15) is 34.5 Å². The molecule has 2 aromatic heterocycles. The van der Waals surface area contributed by atoms with Gasteiger partial charge in [-0.25, -0.2) is 9.78 Å². The number of carbonyl (C=O) groups excluding carboxylic acids is 2. The molecule has 1 atom stereocenters. The highest BCUT2D eigenvalue weighted by atomic mass is 16.5. The lowest BCUT2D eigenvalue weighted by Crippen LogP contribution is -2.55. The van der Waals surface area contributed by atoms with Crippen molar-refractivity contribution in [3.05, 3.63) is 89.0 Å². The number of piperidine rings is 1. The summed E-state index contributed by atoms with van der Waals surface area (Å²) in [4.78, 5) is 49.9. The molecule has 2 amide bonds. The molecule has 0 bridgehead atoms. The molecule has 12 nitrogen and oxygen atoms in total. The van der Waals surface area contributed by atoms with E-state index in [4.69, 9.17) is 10.5 Å². The summed E-state index contributed by atoms with van der Waals surface area (Å²) in [5.74, 6) is 1.14. The van der Waals surface area contributed by atoms with Crippen molar-refractivity contribution in [2.45, 2.75) is 38.3 Å². The molecule has 2 fully saturated rings. The van der Waals surface area contributed by atoms with E-state index >= 15 is 0 Å². The lowest BCUT2D eigenvalue weighted by Gasteiger charge is -2.41. The Morgan fingerprint density at radius 1 is 1.04 bits per heavy atom. The summed E-state index contributed by atoms with van der Waals surface area (Å²) in [5, 5.41) is 10.1. The summed E-state index contributed by atoms with van der Waals surface area (Å²) < 4.78 is 9.17. The normalized spacial score (nSPS) is 18.0. The first-order valence-electron chi connectivity index (χ1n) is 15.7. The number of nitrogen functional groups attached to an aromatic ring is 1. The molecular formula is C35H38N8O4. The van der Waals surface area contributed by atoms with Gasteiger partial charge in [-0.1, -0.05) is 18.2 Å². The maximum Gasteiger partial charge on any atom is 0.334 e. The number of likely N-dealkylation sites (tertiary alicyclic amines) is 1. The van der Waals surface area contributed by atoms with E-state index in [1.54, 1.807) is 68.6 Å². The van der Waals surface area contributed by atoms with Gasteiger partial charge in [-0.05, 0) is 75.2 Å². The van der Waals surface area contributed by atoms with Crippen molar-refractivity contribution in [3.8, 4) is 23.3 Å². The molecule has 242 valence electrons. The fourth-order valence-electron chi connectivity index (χ4n) is 6.43. The quantitative estimate of drug-likeness (QED) is 0.239. The van der Waals surface area contributed by atoms with Crippen LogP contribution in [0, 0.1) is 11.3 Å². The third-order valence-corrected chi connectivity index (χ3v) is 9.06. The number of amides is 2. The molecule has 4 aromatic rings. The maximum atomic E-state index is 14.2. The van der Waals surface area contributed by atoms with Crippen LogP contribution in [0.3, 0.4) is 0 Å². The number of piperazine rings is 1. The molecule has 6 rings (SSSR count). The third-order valence-electron chi connectivity index (χ3n) is 9.06. The second-order valence-corrected chi connectivity index (χ2v) is 12.6. The zero-order chi connectivity index (χ0) is 33.3. The third kappa shape index (κ3) is 6.22. The topological polar surface area (TPSA) is 143 Å². The molecule has 2 aromatic carbocycles. The molecule has 4 heterocycles. The minimum Gasteiger partial charge on any atom is -0.457 e. The Morgan fingerprint density at radius 2 is 1.77 bits per heavy atom. The van der Waals surface area contributed by atoms with Crippen molar-refractivity contribution in [2.75, 3.05) is 45.5 Å². The first kappa shape index (κ1) is 31.6. The Hall–Kier alpha value is -5.41. The standard InChI is InChI=1S/C35H38N8O4/c1-35(2,41-19-18-39(3)30(44)23-41)20-24(21-36)33(45)40-17-7-8-26(22-40)42-29-15-16-38-32(37)31(29)43(34(42)46)25-11-13-28(14-12-25)47-27-9-5-4-6-10-27/h4-6,9-16,20,26H,7-8,17-19,22-23H2,1-3H3,(H2,37,38)/b24-20+/t26-/m1/s1. The van der Waals surface area contributed by atoms with Crippen LogP contribution in [-0.4, -0.2) is 85.9 Å². The summed E-state index contributed by atoms with van der Waals surface area (Å²) in [6.07, 6.45) is 4.54. The van der Waals surface area contributed by atoms with Crippen LogP contribution in [0.4, 0.5) is 5.82 Å². The van der Waals surface area contributed by atoms with Crippen molar-refractivity contribution in [1.82, 2.24) is 28.8 Å². The van der Waals surface area contributed by atoms with Gasteiger partial charge in [-0.15, -0.1) is 0 Å². The molecule has 47 heavy (non-hydrogen) atoms. The van der Waals surface area contributed by atoms with Crippen molar-refractivity contribution in [2.24, 2.45) is 0 Å². The van der Waals surface area contributed by atoms with Gasteiger partial charge < -0.3 is 20.3 Å². The molecule has 0 radical (unpaired) electrons. The summed E-state index contributed by atoms with van der Waals surface area (Å²) >= 11 is 0. The van der Waals surface area contributed by atoms with E-state index in [0.717, 1.165) is 0 Å². The van der Waals surface area contributed by atoms with Crippen molar-refractivity contribution in [1.29, 1.82) is 5.26 Å². The molecule has 0 saturated carbocycles. The molecule has 2 N–H and O–H groups in total. The summed E-state index contributed by atoms with van der Waals surface area (Å²) in [6, 6.07) is 20.1. The number of benzene rings is 2. The van der Waals surface area contributed by atoms with Crippen molar-refractivity contribution < 1.29 is 14.3 Å². The van der Waals surface area contributed by atoms with Crippen LogP contribution in [0.5, 0.6) is 11.5 Å². The number of rotatable bonds is 7. The molecule has 0 unspecified atom stereocenters. The van der Waals surface area contributed by atoms with E-state index in [-0.39, 0.29) is 42.1 Å². The number of hydrogen-bond acceptors (Lipinski definition) is 8. The molecule has 2 saturated heterocycles. The summed E-state index contributed by atoms with van der Waals surface area (Å²) in [6.45, 7) is 5.95. The molecule has 2 aliphatic rings. The first-order valence-corrected chi connectivity index (χ1v) is 15.7. The minimum absolute atomic E-state index is 0.00154. The zero-order valence-electron chi connectivity index (χ0n) is 26.8. The number of imidazole rings is 1.